The molecule has 1 aromatic rings. The zero-order chi connectivity index (χ0) is 12.3. The second kappa shape index (κ2) is 5.56. The smallest absolute Gasteiger partial charge is 0.129 e. The van der Waals surface area contributed by atoms with Crippen LogP contribution in [0.5, 0.6) is 5.75 Å². The van der Waals surface area contributed by atoms with Gasteiger partial charge in [0.2, 0.25) is 0 Å². The molecule has 0 heterocycles. The van der Waals surface area contributed by atoms with Crippen molar-refractivity contribution in [2.75, 3.05) is 7.11 Å². The number of ether oxygens (including phenoxy) is 1. The number of methoxy groups -OCH3 is 1. The fourth-order valence-electron chi connectivity index (χ4n) is 1.03. The highest BCUT2D eigenvalue weighted by molar-refractivity contribution is 14.1. The fraction of sp³-hybridized carbons (Fsp3) is 0.333. The summed E-state index contributed by atoms with van der Waals surface area (Å²) in [6.07, 6.45) is 0. The Morgan fingerprint density at radius 1 is 1.31 bits per heavy atom. The largest absolute Gasteiger partial charge is 0.497 e. The van der Waals surface area contributed by atoms with Gasteiger partial charge in [0.15, 0.2) is 0 Å². The summed E-state index contributed by atoms with van der Waals surface area (Å²) < 4.78 is 7.41. The number of halogens is 2. The zero-order valence-corrected chi connectivity index (χ0v) is 14.6. The molecule has 16 heavy (non-hydrogen) atoms. The Morgan fingerprint density at radius 3 is 2.44 bits per heavy atom. The van der Waals surface area contributed by atoms with E-state index in [9.17, 15) is 0 Å². The molecule has 0 N–H and O–H groups in total. The minimum atomic E-state index is -1.33. The molecule has 0 fully saturated rings. The van der Waals surface area contributed by atoms with Crippen molar-refractivity contribution in [3.63, 3.8) is 0 Å². The van der Waals surface area contributed by atoms with E-state index in [0.29, 0.717) is 0 Å². The molecule has 0 bridgehead atoms. The average molecular weight is 409 g/mol. The van der Waals surface area contributed by atoms with E-state index in [1.165, 1.54) is 0 Å². The van der Waals surface area contributed by atoms with E-state index < -0.39 is 8.07 Å². The van der Waals surface area contributed by atoms with Crippen LogP contribution >= 0.6 is 38.5 Å². The molecule has 0 saturated heterocycles. The molecule has 1 rings (SSSR count). The first-order valence-electron chi connectivity index (χ1n) is 4.90. The van der Waals surface area contributed by atoms with Crippen molar-refractivity contribution in [2.45, 2.75) is 19.6 Å². The Labute approximate surface area is 120 Å². The zero-order valence-electron chi connectivity index (χ0n) is 9.82. The van der Waals surface area contributed by atoms with E-state index in [0.717, 1.165) is 19.4 Å². The standard InChI is InChI=1S/C12H14BrIOSi/c1-15-10-7-9(5-6-16(2,3)4)12(14)11(13)8-10/h7-8H,1-4H3. The number of hydrogen-bond acceptors (Lipinski definition) is 1. The molecule has 0 aliphatic rings. The van der Waals surface area contributed by atoms with Crippen LogP contribution in [0.3, 0.4) is 0 Å². The van der Waals surface area contributed by atoms with Gasteiger partial charge in [0.25, 0.3) is 0 Å². The van der Waals surface area contributed by atoms with E-state index in [4.69, 9.17) is 4.74 Å². The van der Waals surface area contributed by atoms with Crippen LogP contribution in [0.2, 0.25) is 19.6 Å². The fourth-order valence-corrected chi connectivity index (χ4v) is 2.42. The molecular weight excluding hydrogens is 395 g/mol. The van der Waals surface area contributed by atoms with E-state index >= 15 is 0 Å². The molecule has 0 amide bonds. The van der Waals surface area contributed by atoms with Crippen molar-refractivity contribution in [1.29, 1.82) is 0 Å². The highest BCUT2D eigenvalue weighted by Crippen LogP contribution is 2.27. The van der Waals surface area contributed by atoms with Crippen molar-refractivity contribution in [3.8, 4) is 17.2 Å². The molecule has 0 atom stereocenters. The van der Waals surface area contributed by atoms with Gasteiger partial charge in [-0.15, -0.1) is 5.54 Å². The minimum absolute atomic E-state index is 0.840. The van der Waals surface area contributed by atoms with Crippen LogP contribution in [0.15, 0.2) is 16.6 Å². The molecule has 0 unspecified atom stereocenters. The van der Waals surface area contributed by atoms with Crippen LogP contribution < -0.4 is 4.74 Å². The summed E-state index contributed by atoms with van der Waals surface area (Å²) in [6.45, 7) is 6.71. The lowest BCUT2D eigenvalue weighted by molar-refractivity contribution is 0.414. The second-order valence-electron chi connectivity index (χ2n) is 4.47. The van der Waals surface area contributed by atoms with Crippen molar-refractivity contribution < 1.29 is 4.74 Å². The van der Waals surface area contributed by atoms with Gasteiger partial charge in [-0.25, -0.2) is 0 Å². The summed E-state index contributed by atoms with van der Waals surface area (Å²) >= 11 is 5.81. The summed E-state index contributed by atoms with van der Waals surface area (Å²) in [5.41, 5.74) is 4.40. The number of hydrogen-bond donors (Lipinski definition) is 0. The molecule has 1 nitrogen and oxygen atoms in total. The summed E-state index contributed by atoms with van der Waals surface area (Å²) in [4.78, 5) is 0. The highest BCUT2D eigenvalue weighted by atomic mass is 127. The van der Waals surface area contributed by atoms with Gasteiger partial charge >= 0.3 is 0 Å². The molecule has 0 radical (unpaired) electrons. The van der Waals surface area contributed by atoms with Gasteiger partial charge in [0.05, 0.1) is 7.11 Å². The van der Waals surface area contributed by atoms with Gasteiger partial charge < -0.3 is 4.74 Å². The van der Waals surface area contributed by atoms with Crippen molar-refractivity contribution in [1.82, 2.24) is 0 Å². The molecule has 0 spiro atoms. The topological polar surface area (TPSA) is 9.23 Å². The van der Waals surface area contributed by atoms with E-state index in [2.05, 4.69) is 69.6 Å². The van der Waals surface area contributed by atoms with Crippen molar-refractivity contribution in [3.05, 3.63) is 25.7 Å². The van der Waals surface area contributed by atoms with Gasteiger partial charge in [-0.3, -0.25) is 0 Å². The third-order valence-corrected chi connectivity index (χ3v) is 5.21. The summed E-state index contributed by atoms with van der Waals surface area (Å²) in [6, 6.07) is 3.95. The lowest BCUT2D eigenvalue weighted by atomic mass is 10.2. The van der Waals surface area contributed by atoms with Crippen LogP contribution in [-0.4, -0.2) is 15.2 Å². The van der Waals surface area contributed by atoms with E-state index in [-0.39, 0.29) is 0 Å². The molecule has 0 saturated carbocycles. The highest BCUT2D eigenvalue weighted by Gasteiger charge is 2.09. The van der Waals surface area contributed by atoms with Crippen LogP contribution in [0.1, 0.15) is 5.56 Å². The van der Waals surface area contributed by atoms with Gasteiger partial charge in [-0.05, 0) is 50.7 Å². The first-order valence-corrected chi connectivity index (χ1v) is 10.3. The van der Waals surface area contributed by atoms with Gasteiger partial charge in [-0.2, -0.15) is 0 Å². The van der Waals surface area contributed by atoms with Crippen molar-refractivity contribution >= 4 is 46.6 Å². The van der Waals surface area contributed by atoms with E-state index in [1.807, 2.05) is 12.1 Å². The molecule has 0 aromatic heterocycles. The Balaban J connectivity index is 3.21. The van der Waals surface area contributed by atoms with Gasteiger partial charge in [-0.1, -0.05) is 25.6 Å². The monoisotopic (exact) mass is 408 g/mol. The minimum Gasteiger partial charge on any atom is -0.497 e. The molecule has 86 valence electrons. The first-order chi connectivity index (χ1) is 7.33. The lowest BCUT2D eigenvalue weighted by Crippen LogP contribution is -2.16. The average Bonchev–Trinajstić information content (AvgIpc) is 2.18. The molecule has 1 aromatic carbocycles. The number of benzene rings is 1. The van der Waals surface area contributed by atoms with E-state index in [1.54, 1.807) is 7.11 Å². The quantitative estimate of drug-likeness (QED) is 0.382. The Bertz CT molecular complexity index is 455. The lowest BCUT2D eigenvalue weighted by Gasteiger charge is -2.07. The third-order valence-electron chi connectivity index (χ3n) is 1.81. The first kappa shape index (κ1) is 14.1. The maximum absolute atomic E-state index is 5.23. The summed E-state index contributed by atoms with van der Waals surface area (Å²) in [7, 11) is 0.343. The predicted molar refractivity (Wildman–Crippen MR) is 83.6 cm³/mol. The molecule has 0 aliphatic carbocycles. The predicted octanol–water partition coefficient (Wildman–Crippen LogP) is 4.29. The maximum atomic E-state index is 5.23. The second-order valence-corrected chi connectivity index (χ2v) is 11.2. The molecular formula is C12H14BrIOSi. The van der Waals surface area contributed by atoms with Crippen molar-refractivity contribution in [2.24, 2.45) is 0 Å². The van der Waals surface area contributed by atoms with Gasteiger partial charge in [0, 0.05) is 13.6 Å². The normalized spacial score (nSPS) is 10.6. The molecule has 4 heteroatoms. The van der Waals surface area contributed by atoms with Gasteiger partial charge in [0.1, 0.15) is 13.8 Å². The van der Waals surface area contributed by atoms with Crippen LogP contribution in [-0.2, 0) is 0 Å². The number of rotatable bonds is 1. The van der Waals surface area contributed by atoms with Crippen LogP contribution in [0, 0.1) is 15.0 Å². The Morgan fingerprint density at radius 2 is 1.94 bits per heavy atom. The Hall–Kier alpha value is 0.00688. The third kappa shape index (κ3) is 4.11. The summed E-state index contributed by atoms with van der Waals surface area (Å²) in [5.74, 6) is 4.10. The van der Waals surface area contributed by atoms with Crippen LogP contribution in [0.4, 0.5) is 0 Å². The molecule has 0 aliphatic heterocycles. The SMILES string of the molecule is COc1cc(Br)c(I)c(C#C[Si](C)(C)C)c1. The maximum Gasteiger partial charge on any atom is 0.129 e. The Kier molecular flexibility index (Phi) is 4.89. The summed E-state index contributed by atoms with van der Waals surface area (Å²) in [5, 5.41) is 0. The van der Waals surface area contributed by atoms with Crippen LogP contribution in [0.25, 0.3) is 0 Å².